The number of ether oxygens (including phenoxy) is 1. The van der Waals surface area contributed by atoms with Gasteiger partial charge in [-0.3, -0.25) is 9.36 Å². The van der Waals surface area contributed by atoms with Crippen LogP contribution in [0.25, 0.3) is 0 Å². The van der Waals surface area contributed by atoms with Crippen LogP contribution in [0.4, 0.5) is 0 Å². The predicted molar refractivity (Wildman–Crippen MR) is 207 cm³/mol. The summed E-state index contributed by atoms with van der Waals surface area (Å²) >= 11 is 0. The molecule has 0 aromatic heterocycles. The third kappa shape index (κ3) is 29.5. The summed E-state index contributed by atoms with van der Waals surface area (Å²) < 4.78 is 23.8. The summed E-state index contributed by atoms with van der Waals surface area (Å²) in [7, 11) is -0.650. The van der Waals surface area contributed by atoms with E-state index < -0.39 is 38.3 Å². The number of aliphatic hydroxyl groups is 3. The molecule has 10 heteroatoms. The molecule has 0 heterocycles. The van der Waals surface area contributed by atoms with Crippen LogP contribution in [0, 0.1) is 0 Å². The largest absolute Gasteiger partial charge is 0.463 e. The lowest BCUT2D eigenvalue weighted by molar-refractivity contribution is -0.904. The molecule has 296 valence electrons. The zero-order chi connectivity index (χ0) is 37.4. The molecule has 0 aromatic rings. The van der Waals surface area contributed by atoms with Crippen molar-refractivity contribution in [2.75, 3.05) is 33.9 Å². The van der Waals surface area contributed by atoms with Gasteiger partial charge in [-0.2, -0.15) is 0 Å². The number of allylic oxidation sites excluding steroid dienone is 4. The topological polar surface area (TPSA) is 134 Å². The number of carbonyl (C=O) groups is 1. The quantitative estimate of drug-likeness (QED) is 0.0125. The van der Waals surface area contributed by atoms with Crippen molar-refractivity contribution in [3.05, 3.63) is 24.3 Å². The van der Waals surface area contributed by atoms with Crippen molar-refractivity contribution >= 4 is 13.6 Å². The van der Waals surface area contributed by atoms with Gasteiger partial charge in [-0.25, -0.2) is 0 Å². The van der Waals surface area contributed by atoms with Gasteiger partial charge in [-0.15, -0.1) is 0 Å². The van der Waals surface area contributed by atoms with Crippen molar-refractivity contribution in [2.45, 2.75) is 193 Å². The summed E-state index contributed by atoms with van der Waals surface area (Å²) in [5.74, 6) is -1.19. The van der Waals surface area contributed by atoms with Crippen molar-refractivity contribution in [3.8, 4) is 0 Å². The molecule has 0 aromatic carbocycles. The number of carbonyl (C=O) groups excluding carboxylic acids is 1. The van der Waals surface area contributed by atoms with E-state index >= 15 is 0 Å². The Hall–Kier alpha value is -1.06. The van der Waals surface area contributed by atoms with E-state index in [9.17, 15) is 29.6 Å². The Balaban J connectivity index is 3.92. The van der Waals surface area contributed by atoms with Gasteiger partial charge in [0.05, 0.1) is 27.2 Å². The summed E-state index contributed by atoms with van der Waals surface area (Å²) in [5, 5.41) is 28.9. The molecule has 0 amide bonds. The molecule has 0 bridgehead atoms. The Kier molecular flexibility index (Phi) is 31.9. The molecular formula is C40H79NO8P+. The van der Waals surface area contributed by atoms with E-state index in [1.54, 1.807) is 14.1 Å². The lowest BCUT2D eigenvalue weighted by atomic mass is 10.1. The third-order valence-electron chi connectivity index (χ3n) is 9.40. The van der Waals surface area contributed by atoms with Crippen LogP contribution < -0.4 is 0 Å². The monoisotopic (exact) mass is 733 g/mol. The fourth-order valence-electron chi connectivity index (χ4n) is 6.12. The lowest BCUT2D eigenvalue weighted by Crippen LogP contribution is -2.50. The Morgan fingerprint density at radius 1 is 0.640 bits per heavy atom. The van der Waals surface area contributed by atoms with Crippen molar-refractivity contribution in [3.63, 3.8) is 0 Å². The molecule has 0 aliphatic rings. The van der Waals surface area contributed by atoms with E-state index in [0.717, 1.165) is 38.5 Å². The van der Waals surface area contributed by atoms with Crippen LogP contribution >= 0.6 is 7.60 Å². The number of unbranched alkanes of at least 4 members (excludes halogenated alkanes) is 18. The molecule has 0 aliphatic heterocycles. The van der Waals surface area contributed by atoms with E-state index in [0.29, 0.717) is 12.8 Å². The number of esters is 1. The summed E-state index contributed by atoms with van der Waals surface area (Å²) in [6.07, 6.45) is 33.3. The highest BCUT2D eigenvalue weighted by Gasteiger charge is 2.44. The Morgan fingerprint density at radius 3 is 1.56 bits per heavy atom. The Morgan fingerprint density at radius 2 is 1.08 bits per heavy atom. The first-order chi connectivity index (χ1) is 24.0. The number of hydrogen-bond acceptors (Lipinski definition) is 7. The number of aliphatic hydroxyl groups excluding tert-OH is 2. The van der Waals surface area contributed by atoms with Crippen molar-refractivity contribution in [2.24, 2.45) is 0 Å². The summed E-state index contributed by atoms with van der Waals surface area (Å²) in [6, 6.07) is 0. The molecular weight excluding hydrogens is 653 g/mol. The highest BCUT2D eigenvalue weighted by molar-refractivity contribution is 7.53. The number of hydrogen-bond donors (Lipinski definition) is 4. The van der Waals surface area contributed by atoms with Gasteiger partial charge in [0.1, 0.15) is 12.7 Å². The van der Waals surface area contributed by atoms with Gasteiger partial charge in [0, 0.05) is 19.3 Å². The van der Waals surface area contributed by atoms with Gasteiger partial charge in [0.25, 0.3) is 0 Å². The fourth-order valence-corrected chi connectivity index (χ4v) is 8.10. The molecule has 0 fully saturated rings. The summed E-state index contributed by atoms with van der Waals surface area (Å²) in [5.41, 5.74) is 0. The van der Waals surface area contributed by atoms with Gasteiger partial charge in [0.15, 0.2) is 12.1 Å². The van der Waals surface area contributed by atoms with Crippen molar-refractivity contribution < 1.29 is 43.3 Å². The standard InChI is InChI=1S/C40H78NO8P/c1-5-7-9-10-11-12-13-14-15-16-17-18-19-20-21-22-23-24-25-26-27-28-30-32-40(45)48-35-37(42)36-49-50(46,47)38(31-29-8-6-2)41(3,4)34-33-39(43)44/h13-14,25-26,37-39,42-44H,5-12,15-24,27-36H2,1-4H3/p+1/b14-13-,26-25-/t37-,38?/m1/s1. The average Bonchev–Trinajstić information content (AvgIpc) is 3.07. The molecule has 0 radical (unpaired) electrons. The first-order valence-corrected chi connectivity index (χ1v) is 21.9. The third-order valence-corrected chi connectivity index (χ3v) is 11.6. The molecule has 2 unspecified atom stereocenters. The second-order valence-electron chi connectivity index (χ2n) is 14.7. The van der Waals surface area contributed by atoms with Crippen molar-refractivity contribution in [1.29, 1.82) is 0 Å². The minimum absolute atomic E-state index is 0.0600. The van der Waals surface area contributed by atoms with Crippen LogP contribution in [0.3, 0.4) is 0 Å². The minimum Gasteiger partial charge on any atom is -0.463 e. The van der Waals surface area contributed by atoms with E-state index in [1.807, 2.05) is 6.92 Å². The van der Waals surface area contributed by atoms with Gasteiger partial charge in [0.2, 0.25) is 0 Å². The Bertz CT molecular complexity index is 895. The normalized spacial score (nSPS) is 14.9. The van der Waals surface area contributed by atoms with E-state index in [2.05, 4.69) is 31.2 Å². The average molecular weight is 733 g/mol. The van der Waals surface area contributed by atoms with Crippen LogP contribution in [-0.4, -0.2) is 82.7 Å². The molecule has 0 rings (SSSR count). The zero-order valence-electron chi connectivity index (χ0n) is 32.7. The zero-order valence-corrected chi connectivity index (χ0v) is 33.6. The van der Waals surface area contributed by atoms with Gasteiger partial charge >= 0.3 is 13.6 Å². The number of nitrogens with zero attached hydrogens (tertiary/aromatic N) is 1. The van der Waals surface area contributed by atoms with Crippen LogP contribution in [-0.2, 0) is 18.6 Å². The van der Waals surface area contributed by atoms with E-state index in [-0.39, 0.29) is 30.5 Å². The van der Waals surface area contributed by atoms with E-state index in [1.165, 1.54) is 96.3 Å². The maximum absolute atomic E-state index is 13.2. The first-order valence-electron chi connectivity index (χ1n) is 20.3. The SMILES string of the molecule is CCCCCCC/C=C\CCCCCCCCCC/C=C\CCCCC(=O)OC[C@@H](O)COP(=O)(O)C(CCCCC)[N+](C)(C)CCC(O)O. The molecule has 4 N–H and O–H groups in total. The second kappa shape index (κ2) is 32.6. The second-order valence-corrected chi connectivity index (χ2v) is 16.7. The van der Waals surface area contributed by atoms with Gasteiger partial charge in [-0.1, -0.05) is 115 Å². The fraction of sp³-hybridized carbons (Fsp3) is 0.875. The maximum atomic E-state index is 13.2. The molecule has 0 spiro atoms. The molecule has 3 atom stereocenters. The highest BCUT2D eigenvalue weighted by Crippen LogP contribution is 2.52. The number of rotatable bonds is 36. The predicted octanol–water partition coefficient (Wildman–Crippen LogP) is 9.71. The molecule has 0 saturated heterocycles. The van der Waals surface area contributed by atoms with Crippen LogP contribution in [0.1, 0.15) is 174 Å². The summed E-state index contributed by atoms with van der Waals surface area (Å²) in [4.78, 5) is 22.9. The van der Waals surface area contributed by atoms with Gasteiger partial charge < -0.3 is 34.0 Å². The molecule has 0 aliphatic carbocycles. The smallest absolute Gasteiger partial charge is 0.385 e. The van der Waals surface area contributed by atoms with E-state index in [4.69, 9.17) is 9.26 Å². The minimum atomic E-state index is -4.18. The van der Waals surface area contributed by atoms with Crippen molar-refractivity contribution in [1.82, 2.24) is 0 Å². The van der Waals surface area contributed by atoms with Crippen LogP contribution in [0.5, 0.6) is 0 Å². The lowest BCUT2D eigenvalue weighted by Gasteiger charge is -2.39. The molecule has 50 heavy (non-hydrogen) atoms. The van der Waals surface area contributed by atoms with Crippen LogP contribution in [0.2, 0.25) is 0 Å². The molecule has 9 nitrogen and oxygen atoms in total. The van der Waals surface area contributed by atoms with Gasteiger partial charge in [-0.05, 0) is 64.2 Å². The Labute approximate surface area is 307 Å². The molecule has 0 saturated carbocycles. The number of quaternary nitrogens is 1. The first kappa shape index (κ1) is 48.9. The highest BCUT2D eigenvalue weighted by atomic mass is 31.2. The summed E-state index contributed by atoms with van der Waals surface area (Å²) in [6.45, 7) is 3.85. The van der Waals surface area contributed by atoms with Crippen LogP contribution in [0.15, 0.2) is 24.3 Å². The maximum Gasteiger partial charge on any atom is 0.385 e.